The summed E-state index contributed by atoms with van der Waals surface area (Å²) < 4.78 is 0. The minimum atomic E-state index is -1.57. The fourth-order valence-corrected chi connectivity index (χ4v) is 18.6. The lowest BCUT2D eigenvalue weighted by Crippen LogP contribution is -2.46. The van der Waals surface area contributed by atoms with Crippen LogP contribution in [0.5, 0.6) is 0 Å². The molecular formula is C56H64N2Si2. The summed E-state index contributed by atoms with van der Waals surface area (Å²) in [5, 5.41) is 11.0. The highest BCUT2D eigenvalue weighted by molar-refractivity contribution is 6.92. The quantitative estimate of drug-likeness (QED) is 0.0796. The first-order valence-electron chi connectivity index (χ1n) is 22.7. The molecule has 0 aliphatic heterocycles. The van der Waals surface area contributed by atoms with Crippen molar-refractivity contribution in [1.29, 1.82) is 0 Å². The Morgan fingerprint density at radius 2 is 0.667 bits per heavy atom. The van der Waals surface area contributed by atoms with E-state index in [0.29, 0.717) is 0 Å². The summed E-state index contributed by atoms with van der Waals surface area (Å²) in [5.74, 6) is 0. The second-order valence-electron chi connectivity index (χ2n) is 17.5. The average molecular weight is 821 g/mol. The van der Waals surface area contributed by atoms with Crippen molar-refractivity contribution in [2.45, 2.75) is 106 Å². The number of hydrogen-bond acceptors (Lipinski definition) is 2. The summed E-state index contributed by atoms with van der Waals surface area (Å²) in [7, 11) is -3.14. The average Bonchev–Trinajstić information content (AvgIpc) is 3.28. The van der Waals surface area contributed by atoms with Crippen molar-refractivity contribution in [3.63, 3.8) is 0 Å². The maximum absolute atomic E-state index is 2.55. The number of benzene rings is 8. The highest BCUT2D eigenvalue weighted by Gasteiger charge is 2.33. The highest BCUT2D eigenvalue weighted by Crippen LogP contribution is 2.49. The van der Waals surface area contributed by atoms with E-state index in [1.165, 1.54) is 125 Å². The molecule has 2 nitrogen and oxygen atoms in total. The molecule has 60 heavy (non-hydrogen) atoms. The molecule has 4 heteroatoms. The van der Waals surface area contributed by atoms with Crippen molar-refractivity contribution in [1.82, 2.24) is 0 Å². The van der Waals surface area contributed by atoms with Gasteiger partial charge in [-0.15, -0.1) is 0 Å². The van der Waals surface area contributed by atoms with Gasteiger partial charge in [0.1, 0.15) is 0 Å². The monoisotopic (exact) mass is 820 g/mol. The summed E-state index contributed by atoms with van der Waals surface area (Å²) in [6.07, 6.45) is 0. The van der Waals surface area contributed by atoms with E-state index >= 15 is 0 Å². The Morgan fingerprint density at radius 3 is 0.967 bits per heavy atom. The molecule has 0 N–H and O–H groups in total. The van der Waals surface area contributed by atoms with Gasteiger partial charge in [0.15, 0.2) is 0 Å². The van der Waals surface area contributed by atoms with E-state index in [2.05, 4.69) is 212 Å². The molecule has 0 aliphatic carbocycles. The van der Waals surface area contributed by atoms with Gasteiger partial charge in [0.25, 0.3) is 0 Å². The van der Waals surface area contributed by atoms with Gasteiger partial charge < -0.3 is 9.80 Å². The van der Waals surface area contributed by atoms with Gasteiger partial charge in [0.2, 0.25) is 0 Å². The molecule has 0 aliphatic rings. The third-order valence-corrected chi connectivity index (χ3v) is 26.0. The molecule has 0 atom stereocenters. The van der Waals surface area contributed by atoms with Gasteiger partial charge in [-0.1, -0.05) is 185 Å². The summed E-state index contributed by atoms with van der Waals surface area (Å²) in [6, 6.07) is 58.8. The Morgan fingerprint density at radius 1 is 0.367 bits per heavy atom. The van der Waals surface area contributed by atoms with Gasteiger partial charge in [-0.2, -0.15) is 0 Å². The van der Waals surface area contributed by atoms with Crippen LogP contribution in [0.3, 0.4) is 0 Å². The highest BCUT2D eigenvalue weighted by atomic mass is 28.3. The fourth-order valence-electron chi connectivity index (χ4n) is 11.0. The third kappa shape index (κ3) is 6.77. The van der Waals surface area contributed by atoms with Crippen LogP contribution in [0, 0.1) is 27.7 Å². The number of rotatable bonds is 14. The molecule has 0 saturated carbocycles. The summed E-state index contributed by atoms with van der Waals surface area (Å²) in [5.41, 5.74) is 12.8. The minimum Gasteiger partial charge on any atom is -0.309 e. The van der Waals surface area contributed by atoms with E-state index in [4.69, 9.17) is 0 Å². The first-order valence-corrected chi connectivity index (χ1v) is 28.0. The van der Waals surface area contributed by atoms with Crippen LogP contribution in [-0.4, -0.2) is 16.1 Å². The standard InChI is InChI=1S/C56H64N2Si2/c1-11-59(12-2,13-3)47-35-39(7)55(40(8)36-47)57(45-23-19-17-20-24-45)51-33-29-43-28-32-50-52(34-30-44-27-31-49(51)53(43)54(44)50)58(46-25-21-18-22-26-46)56-41(9)37-48(38-42(56)10)60(14-4,15-5)16-6/h17-38H,11-16H2,1-10H3. The molecule has 0 spiro atoms. The number of para-hydroxylation sites is 2. The molecular weight excluding hydrogens is 757 g/mol. The van der Waals surface area contributed by atoms with Crippen LogP contribution in [-0.2, 0) is 0 Å². The molecule has 0 heterocycles. The molecule has 8 rings (SSSR count). The van der Waals surface area contributed by atoms with Crippen molar-refractivity contribution in [3.05, 3.63) is 156 Å². The van der Waals surface area contributed by atoms with Crippen molar-refractivity contribution < 1.29 is 0 Å². The number of aryl methyl sites for hydroxylation is 4. The maximum Gasteiger partial charge on any atom is 0.0859 e. The molecule has 0 radical (unpaired) electrons. The van der Waals surface area contributed by atoms with E-state index in [1.54, 1.807) is 10.4 Å². The minimum absolute atomic E-state index is 1.18. The molecule has 0 fully saturated rings. The van der Waals surface area contributed by atoms with Gasteiger partial charge in [-0.05, 0) is 108 Å². The molecule has 0 unspecified atom stereocenters. The summed E-state index contributed by atoms with van der Waals surface area (Å²) >= 11 is 0. The predicted octanol–water partition coefficient (Wildman–Crippen LogP) is 16.2. The number of anilines is 6. The molecule has 0 bridgehead atoms. The molecule has 8 aromatic rings. The maximum atomic E-state index is 2.55. The molecule has 0 amide bonds. The molecule has 306 valence electrons. The smallest absolute Gasteiger partial charge is 0.0859 e. The van der Waals surface area contributed by atoms with Gasteiger partial charge in [-0.25, -0.2) is 0 Å². The lowest BCUT2D eigenvalue weighted by molar-refractivity contribution is 1.18. The Balaban J connectivity index is 1.38. The van der Waals surface area contributed by atoms with Crippen LogP contribution in [0.15, 0.2) is 133 Å². The van der Waals surface area contributed by atoms with E-state index in [1.807, 2.05) is 0 Å². The van der Waals surface area contributed by atoms with E-state index < -0.39 is 16.1 Å². The second kappa shape index (κ2) is 16.7. The van der Waals surface area contributed by atoms with Crippen molar-refractivity contribution >= 4 is 93.0 Å². The van der Waals surface area contributed by atoms with Gasteiger partial charge in [0, 0.05) is 22.1 Å². The normalized spacial score (nSPS) is 12.2. The number of hydrogen-bond donors (Lipinski definition) is 0. The van der Waals surface area contributed by atoms with Crippen molar-refractivity contribution in [2.24, 2.45) is 0 Å². The van der Waals surface area contributed by atoms with Gasteiger partial charge >= 0.3 is 0 Å². The Bertz CT molecular complexity index is 2530. The summed E-state index contributed by atoms with van der Waals surface area (Å²) in [6.45, 7) is 23.9. The zero-order chi connectivity index (χ0) is 42.3. The van der Waals surface area contributed by atoms with Crippen molar-refractivity contribution in [3.8, 4) is 0 Å². The lowest BCUT2D eigenvalue weighted by Gasteiger charge is -2.34. The third-order valence-electron chi connectivity index (χ3n) is 14.8. The van der Waals surface area contributed by atoms with Crippen LogP contribution in [0.25, 0.3) is 32.3 Å². The van der Waals surface area contributed by atoms with E-state index in [9.17, 15) is 0 Å². The lowest BCUT2D eigenvalue weighted by atomic mass is 9.91. The van der Waals surface area contributed by atoms with Gasteiger partial charge in [0.05, 0.1) is 38.9 Å². The fraction of sp³-hybridized carbons (Fsp3) is 0.286. The number of nitrogens with zero attached hydrogens (tertiary/aromatic N) is 2. The van der Waals surface area contributed by atoms with Crippen LogP contribution in [0.1, 0.15) is 63.8 Å². The van der Waals surface area contributed by atoms with Crippen LogP contribution in [0.2, 0.25) is 36.3 Å². The SMILES string of the molecule is CC[Si](CC)(CC)c1cc(C)c(N(c2ccccc2)c2ccc3ccc4c(N(c5ccccc5)c5c(C)cc([Si](CC)(CC)CC)cc5C)ccc5ccc2c3c54)c(C)c1. The Labute approximate surface area is 362 Å². The second-order valence-corrected chi connectivity index (χ2v) is 28.1. The van der Waals surface area contributed by atoms with E-state index in [-0.39, 0.29) is 0 Å². The Kier molecular flexibility index (Phi) is 11.6. The predicted molar refractivity (Wildman–Crippen MR) is 272 cm³/mol. The van der Waals surface area contributed by atoms with Crippen LogP contribution in [0.4, 0.5) is 34.1 Å². The summed E-state index contributed by atoms with van der Waals surface area (Å²) in [4.78, 5) is 5.09. The molecule has 8 aromatic carbocycles. The zero-order valence-corrected chi connectivity index (χ0v) is 39.8. The largest absolute Gasteiger partial charge is 0.309 e. The Hall–Kier alpha value is -5.17. The molecule has 0 saturated heterocycles. The topological polar surface area (TPSA) is 6.48 Å². The van der Waals surface area contributed by atoms with E-state index in [0.717, 1.165) is 0 Å². The first-order chi connectivity index (χ1) is 29.1. The van der Waals surface area contributed by atoms with Crippen LogP contribution < -0.4 is 20.2 Å². The van der Waals surface area contributed by atoms with Crippen LogP contribution >= 0.6 is 0 Å². The van der Waals surface area contributed by atoms with Gasteiger partial charge in [-0.3, -0.25) is 0 Å². The van der Waals surface area contributed by atoms with Crippen molar-refractivity contribution in [2.75, 3.05) is 9.80 Å². The zero-order valence-electron chi connectivity index (χ0n) is 37.8. The first kappa shape index (κ1) is 41.6. The molecule has 0 aromatic heterocycles.